The molecular weight excluding hydrogens is 292 g/mol. The molecule has 1 atom stereocenters. The minimum absolute atomic E-state index is 0.105. The summed E-state index contributed by atoms with van der Waals surface area (Å²) in [5.74, 6) is 1.19. The number of carbonyl (C=O) groups is 1. The summed E-state index contributed by atoms with van der Waals surface area (Å²) >= 11 is 0. The predicted molar refractivity (Wildman–Crippen MR) is 80.7 cm³/mol. The monoisotopic (exact) mass is 314 g/mol. The summed E-state index contributed by atoms with van der Waals surface area (Å²) in [6.07, 6.45) is 0.702. The molecule has 2 heterocycles. The first-order chi connectivity index (χ1) is 9.79. The van der Waals surface area contributed by atoms with Crippen LogP contribution in [0.25, 0.3) is 0 Å². The number of amides is 2. The van der Waals surface area contributed by atoms with Crippen molar-refractivity contribution in [2.45, 2.75) is 44.8 Å². The maximum Gasteiger partial charge on any atom is 0.329 e. The van der Waals surface area contributed by atoms with Crippen LogP contribution in [0.4, 0.5) is 10.8 Å². The molecular formula is C13H22N4O3S. The summed E-state index contributed by atoms with van der Waals surface area (Å²) in [6, 6.07) is -0.183. The van der Waals surface area contributed by atoms with Crippen LogP contribution in [-0.2, 0) is 10.8 Å². The fraction of sp³-hybridized carbons (Fsp3) is 0.769. The number of hydrogen-bond donors (Lipinski definition) is 1. The summed E-state index contributed by atoms with van der Waals surface area (Å²) in [6.45, 7) is 8.86. The number of anilines is 1. The highest BCUT2D eigenvalue weighted by Crippen LogP contribution is 2.22. The molecule has 2 rings (SSSR count). The lowest BCUT2D eigenvalue weighted by atomic mass is 10.1. The SMILES string of the molecule is CC(C)c1noc(NC(=O)N2CCS(=O)C(C)(C)CC2)n1. The molecule has 1 fully saturated rings. The van der Waals surface area contributed by atoms with Crippen LogP contribution in [-0.4, -0.2) is 48.9 Å². The normalized spacial score (nSPS) is 22.1. The van der Waals surface area contributed by atoms with Crippen LogP contribution in [0.1, 0.15) is 45.9 Å². The van der Waals surface area contributed by atoms with Crippen LogP contribution in [0.15, 0.2) is 4.52 Å². The highest BCUT2D eigenvalue weighted by atomic mass is 32.2. The first-order valence-electron chi connectivity index (χ1n) is 7.07. The molecule has 1 aromatic heterocycles. The molecule has 0 saturated carbocycles. The Bertz CT molecular complexity index is 541. The third-order valence-corrected chi connectivity index (χ3v) is 5.60. The van der Waals surface area contributed by atoms with E-state index in [2.05, 4.69) is 15.5 Å². The van der Waals surface area contributed by atoms with Gasteiger partial charge in [0, 0.05) is 40.3 Å². The zero-order chi connectivity index (χ0) is 15.6. The van der Waals surface area contributed by atoms with Crippen molar-refractivity contribution in [1.82, 2.24) is 15.0 Å². The van der Waals surface area contributed by atoms with Crippen molar-refractivity contribution in [2.75, 3.05) is 24.2 Å². The average molecular weight is 314 g/mol. The fourth-order valence-corrected chi connectivity index (χ4v) is 3.25. The first kappa shape index (κ1) is 15.9. The van der Waals surface area contributed by atoms with Crippen LogP contribution >= 0.6 is 0 Å². The van der Waals surface area contributed by atoms with E-state index in [4.69, 9.17) is 4.52 Å². The van der Waals surface area contributed by atoms with E-state index >= 15 is 0 Å². The van der Waals surface area contributed by atoms with Gasteiger partial charge in [-0.1, -0.05) is 19.0 Å². The van der Waals surface area contributed by atoms with E-state index in [9.17, 15) is 9.00 Å². The number of aromatic nitrogens is 2. The lowest BCUT2D eigenvalue weighted by molar-refractivity contribution is 0.213. The maximum absolute atomic E-state index is 12.2. The average Bonchev–Trinajstić information content (AvgIpc) is 2.81. The van der Waals surface area contributed by atoms with Gasteiger partial charge < -0.3 is 9.42 Å². The quantitative estimate of drug-likeness (QED) is 0.901. The van der Waals surface area contributed by atoms with Gasteiger partial charge in [0.15, 0.2) is 5.82 Å². The predicted octanol–water partition coefficient (Wildman–Crippen LogP) is 1.96. The summed E-state index contributed by atoms with van der Waals surface area (Å²) in [4.78, 5) is 18.0. The second-order valence-corrected chi connectivity index (χ2v) is 8.29. The van der Waals surface area contributed by atoms with E-state index < -0.39 is 10.8 Å². The molecule has 1 N–H and O–H groups in total. The van der Waals surface area contributed by atoms with E-state index in [1.165, 1.54) is 0 Å². The molecule has 1 aromatic rings. The van der Waals surface area contributed by atoms with Gasteiger partial charge in [0.25, 0.3) is 0 Å². The first-order valence-corrected chi connectivity index (χ1v) is 8.39. The third kappa shape index (κ3) is 3.81. The van der Waals surface area contributed by atoms with E-state index in [1.54, 1.807) is 4.90 Å². The molecule has 7 nitrogen and oxygen atoms in total. The number of rotatable bonds is 2. The smallest absolute Gasteiger partial charge is 0.323 e. The summed E-state index contributed by atoms with van der Waals surface area (Å²) in [5, 5.41) is 6.40. The molecule has 0 spiro atoms. The van der Waals surface area contributed by atoms with Gasteiger partial charge in [-0.15, -0.1) is 0 Å². The zero-order valence-corrected chi connectivity index (χ0v) is 13.7. The number of nitrogens with one attached hydrogen (secondary N) is 1. The van der Waals surface area contributed by atoms with Gasteiger partial charge in [0.1, 0.15) is 0 Å². The molecule has 1 unspecified atom stereocenters. The number of carbonyl (C=O) groups excluding carboxylic acids is 1. The zero-order valence-electron chi connectivity index (χ0n) is 12.9. The standard InChI is InChI=1S/C13H22N4O3S/c1-9(2)10-14-11(20-16-10)15-12(18)17-6-5-13(3,4)21(19)8-7-17/h9H,5-8H2,1-4H3,(H,14,15,16,18). The van der Waals surface area contributed by atoms with E-state index in [0.29, 0.717) is 31.1 Å². The Balaban J connectivity index is 1.98. The Morgan fingerprint density at radius 1 is 1.43 bits per heavy atom. The lowest BCUT2D eigenvalue weighted by Crippen LogP contribution is -2.37. The van der Waals surface area contributed by atoms with E-state index in [-0.39, 0.29) is 22.7 Å². The van der Waals surface area contributed by atoms with Crippen LogP contribution in [0.3, 0.4) is 0 Å². The summed E-state index contributed by atoms with van der Waals surface area (Å²) < 4.78 is 16.8. The third-order valence-electron chi connectivity index (χ3n) is 3.61. The molecule has 0 bridgehead atoms. The van der Waals surface area contributed by atoms with Gasteiger partial charge in [-0.2, -0.15) is 4.98 Å². The van der Waals surface area contributed by atoms with Crippen molar-refractivity contribution in [3.8, 4) is 0 Å². The molecule has 1 saturated heterocycles. The molecule has 21 heavy (non-hydrogen) atoms. The summed E-state index contributed by atoms with van der Waals surface area (Å²) in [5.41, 5.74) is 0. The minimum Gasteiger partial charge on any atom is -0.323 e. The largest absolute Gasteiger partial charge is 0.329 e. The molecule has 8 heteroatoms. The Morgan fingerprint density at radius 2 is 2.14 bits per heavy atom. The summed E-state index contributed by atoms with van der Waals surface area (Å²) in [7, 11) is -0.927. The van der Waals surface area contributed by atoms with Gasteiger partial charge in [0.05, 0.1) is 0 Å². The minimum atomic E-state index is -0.927. The molecule has 1 aliphatic heterocycles. The van der Waals surface area contributed by atoms with Crippen molar-refractivity contribution in [2.24, 2.45) is 0 Å². The van der Waals surface area contributed by atoms with E-state index in [0.717, 1.165) is 0 Å². The van der Waals surface area contributed by atoms with Crippen LogP contribution in [0.2, 0.25) is 0 Å². The van der Waals surface area contributed by atoms with Gasteiger partial charge in [-0.3, -0.25) is 9.53 Å². The van der Waals surface area contributed by atoms with Gasteiger partial charge >= 0.3 is 12.0 Å². The molecule has 2 amide bonds. The molecule has 0 aromatic carbocycles. The molecule has 1 aliphatic rings. The van der Waals surface area contributed by atoms with Crippen molar-refractivity contribution in [3.63, 3.8) is 0 Å². The highest BCUT2D eigenvalue weighted by Gasteiger charge is 2.31. The number of urea groups is 1. The molecule has 0 aliphatic carbocycles. The number of hydrogen-bond acceptors (Lipinski definition) is 5. The highest BCUT2D eigenvalue weighted by molar-refractivity contribution is 7.86. The van der Waals surface area contributed by atoms with Crippen molar-refractivity contribution in [1.29, 1.82) is 0 Å². The lowest BCUT2D eigenvalue weighted by Gasteiger charge is -2.22. The Morgan fingerprint density at radius 3 is 2.76 bits per heavy atom. The van der Waals surface area contributed by atoms with E-state index in [1.807, 2.05) is 27.7 Å². The Labute approximate surface area is 126 Å². The van der Waals surface area contributed by atoms with Crippen molar-refractivity contribution >= 4 is 22.8 Å². The van der Waals surface area contributed by atoms with Crippen molar-refractivity contribution < 1.29 is 13.5 Å². The maximum atomic E-state index is 12.2. The molecule has 0 radical (unpaired) electrons. The van der Waals surface area contributed by atoms with Gasteiger partial charge in [0.2, 0.25) is 0 Å². The van der Waals surface area contributed by atoms with Crippen LogP contribution in [0, 0.1) is 0 Å². The number of nitrogens with zero attached hydrogens (tertiary/aromatic N) is 3. The Kier molecular flexibility index (Phi) is 4.65. The van der Waals surface area contributed by atoms with Crippen molar-refractivity contribution in [3.05, 3.63) is 5.82 Å². The molecule has 118 valence electrons. The Hall–Kier alpha value is -1.44. The van der Waals surface area contributed by atoms with Crippen LogP contribution in [0.5, 0.6) is 0 Å². The topological polar surface area (TPSA) is 88.3 Å². The van der Waals surface area contributed by atoms with Crippen LogP contribution < -0.4 is 5.32 Å². The second kappa shape index (κ2) is 6.13. The van der Waals surface area contributed by atoms with Gasteiger partial charge in [-0.25, -0.2) is 4.79 Å². The van der Waals surface area contributed by atoms with Gasteiger partial charge in [-0.05, 0) is 20.3 Å². The fourth-order valence-electron chi connectivity index (χ4n) is 1.99. The second-order valence-electron chi connectivity index (χ2n) is 6.09.